The zero-order valence-electron chi connectivity index (χ0n) is 10.0. The molecule has 6 nitrogen and oxygen atoms in total. The van der Waals surface area contributed by atoms with Gasteiger partial charge < -0.3 is 15.8 Å². The Kier molecular flexibility index (Phi) is 3.76. The summed E-state index contributed by atoms with van der Waals surface area (Å²) in [4.78, 5) is 27.0. The molecule has 0 fully saturated rings. The fourth-order valence-electron chi connectivity index (χ4n) is 1.43. The zero-order chi connectivity index (χ0) is 13.8. The van der Waals surface area contributed by atoms with Crippen molar-refractivity contribution >= 4 is 34.6 Å². The first kappa shape index (κ1) is 13.0. The third-order valence-electron chi connectivity index (χ3n) is 2.39. The van der Waals surface area contributed by atoms with Crippen molar-refractivity contribution < 1.29 is 14.3 Å². The van der Waals surface area contributed by atoms with Crippen molar-refractivity contribution in [1.29, 1.82) is 0 Å². The zero-order valence-corrected chi connectivity index (χ0v) is 10.9. The molecule has 2 aromatic rings. The van der Waals surface area contributed by atoms with Crippen LogP contribution in [0.3, 0.4) is 0 Å². The molecule has 0 aliphatic carbocycles. The van der Waals surface area contributed by atoms with Crippen molar-refractivity contribution in [2.45, 2.75) is 0 Å². The van der Waals surface area contributed by atoms with Crippen molar-refractivity contribution in [2.24, 2.45) is 0 Å². The normalized spacial score (nSPS) is 9.95. The predicted octanol–water partition coefficient (Wildman–Crippen LogP) is 1.76. The van der Waals surface area contributed by atoms with E-state index in [-0.39, 0.29) is 11.6 Å². The quantitative estimate of drug-likeness (QED) is 0.658. The Morgan fingerprint density at radius 1 is 1.42 bits per heavy atom. The lowest BCUT2D eigenvalue weighted by Gasteiger charge is -2.08. The lowest BCUT2D eigenvalue weighted by molar-refractivity contribution is 0.0600. The van der Waals surface area contributed by atoms with E-state index in [1.807, 2.05) is 0 Å². The first-order chi connectivity index (χ1) is 9.11. The molecule has 2 rings (SSSR count). The van der Waals surface area contributed by atoms with Gasteiger partial charge in [0.2, 0.25) is 0 Å². The molecule has 3 N–H and O–H groups in total. The first-order valence-corrected chi connectivity index (χ1v) is 6.23. The summed E-state index contributed by atoms with van der Waals surface area (Å²) < 4.78 is 4.58. The number of ether oxygens (including phenoxy) is 1. The molecule has 0 atom stereocenters. The monoisotopic (exact) mass is 277 g/mol. The van der Waals surface area contributed by atoms with Crippen molar-refractivity contribution in [3.05, 3.63) is 40.3 Å². The molecule has 98 valence electrons. The van der Waals surface area contributed by atoms with Crippen LogP contribution in [0.1, 0.15) is 20.8 Å². The van der Waals surface area contributed by atoms with Crippen LogP contribution in [0, 0.1) is 0 Å². The number of hydrogen-bond donors (Lipinski definition) is 2. The van der Waals surface area contributed by atoms with Crippen LogP contribution < -0.4 is 11.1 Å². The Morgan fingerprint density at radius 2 is 2.21 bits per heavy atom. The van der Waals surface area contributed by atoms with Gasteiger partial charge >= 0.3 is 5.97 Å². The molecule has 1 heterocycles. The molecular formula is C12H11N3O3S. The van der Waals surface area contributed by atoms with Gasteiger partial charge in [-0.25, -0.2) is 9.78 Å². The second-order valence-corrected chi connectivity index (χ2v) is 4.34. The van der Waals surface area contributed by atoms with E-state index in [0.29, 0.717) is 16.9 Å². The van der Waals surface area contributed by atoms with Crippen LogP contribution in [0.15, 0.2) is 29.1 Å². The van der Waals surface area contributed by atoms with Crippen LogP contribution >= 0.6 is 11.3 Å². The van der Waals surface area contributed by atoms with E-state index < -0.39 is 5.97 Å². The van der Waals surface area contributed by atoms with E-state index in [9.17, 15) is 9.59 Å². The molecule has 0 aliphatic rings. The van der Waals surface area contributed by atoms with Gasteiger partial charge in [0.15, 0.2) is 0 Å². The molecular weight excluding hydrogens is 266 g/mol. The standard InChI is InChI=1S/C12H11N3O3S/c1-18-12(17)7-2-3-9(8(13)4-7)15-11(16)10-5-19-6-14-10/h2-6H,13H2,1H3,(H,15,16). The van der Waals surface area contributed by atoms with Gasteiger partial charge in [0.05, 0.1) is 29.6 Å². The summed E-state index contributed by atoms with van der Waals surface area (Å²) in [5.41, 5.74) is 8.70. The SMILES string of the molecule is COC(=O)c1ccc(NC(=O)c2cscn2)c(N)c1. The number of anilines is 2. The summed E-state index contributed by atoms with van der Waals surface area (Å²) in [5, 5.41) is 4.26. The Bertz CT molecular complexity index is 611. The summed E-state index contributed by atoms with van der Waals surface area (Å²) in [5.74, 6) is -0.831. The number of esters is 1. The van der Waals surface area contributed by atoms with E-state index in [1.54, 1.807) is 17.0 Å². The van der Waals surface area contributed by atoms with Gasteiger partial charge in [-0.1, -0.05) is 0 Å². The summed E-state index contributed by atoms with van der Waals surface area (Å²) in [6.07, 6.45) is 0. The molecule has 0 spiro atoms. The number of carbonyl (C=O) groups is 2. The Hall–Kier alpha value is -2.41. The smallest absolute Gasteiger partial charge is 0.337 e. The number of aromatic nitrogens is 1. The van der Waals surface area contributed by atoms with Gasteiger partial charge in [0.1, 0.15) is 5.69 Å². The number of nitrogens with zero attached hydrogens (tertiary/aromatic N) is 1. The van der Waals surface area contributed by atoms with E-state index in [1.165, 1.54) is 30.6 Å². The number of benzene rings is 1. The summed E-state index contributed by atoms with van der Waals surface area (Å²) >= 11 is 1.33. The first-order valence-electron chi connectivity index (χ1n) is 5.29. The number of nitrogens with two attached hydrogens (primary N) is 1. The number of methoxy groups -OCH3 is 1. The number of amides is 1. The number of nitrogen functional groups attached to an aromatic ring is 1. The van der Waals surface area contributed by atoms with Crippen LogP contribution in [0.25, 0.3) is 0 Å². The second-order valence-electron chi connectivity index (χ2n) is 3.62. The lowest BCUT2D eigenvalue weighted by atomic mass is 10.1. The van der Waals surface area contributed by atoms with E-state index in [2.05, 4.69) is 15.0 Å². The Labute approximate surface area is 113 Å². The van der Waals surface area contributed by atoms with Gasteiger partial charge in [-0.3, -0.25) is 4.79 Å². The molecule has 7 heteroatoms. The molecule has 1 amide bonds. The predicted molar refractivity (Wildman–Crippen MR) is 72.3 cm³/mol. The highest BCUT2D eigenvalue weighted by Gasteiger charge is 2.12. The van der Waals surface area contributed by atoms with E-state index in [0.717, 1.165) is 0 Å². The molecule has 1 aromatic heterocycles. The fraction of sp³-hybridized carbons (Fsp3) is 0.0833. The highest BCUT2D eigenvalue weighted by Crippen LogP contribution is 2.21. The molecule has 0 unspecified atom stereocenters. The van der Waals surface area contributed by atoms with Crippen LogP contribution in [-0.2, 0) is 4.74 Å². The number of nitrogens with one attached hydrogen (secondary N) is 1. The molecule has 0 aliphatic heterocycles. The van der Waals surface area contributed by atoms with E-state index in [4.69, 9.17) is 5.73 Å². The lowest BCUT2D eigenvalue weighted by Crippen LogP contribution is -2.14. The average Bonchev–Trinajstić information content (AvgIpc) is 2.94. The maximum atomic E-state index is 11.8. The minimum atomic E-state index is -0.482. The summed E-state index contributed by atoms with van der Waals surface area (Å²) in [6.45, 7) is 0. The van der Waals surface area contributed by atoms with Gasteiger partial charge in [0, 0.05) is 5.38 Å². The maximum absolute atomic E-state index is 11.8. The largest absolute Gasteiger partial charge is 0.465 e. The van der Waals surface area contributed by atoms with Crippen molar-refractivity contribution in [3.63, 3.8) is 0 Å². The van der Waals surface area contributed by atoms with Crippen LogP contribution in [0.5, 0.6) is 0 Å². The van der Waals surface area contributed by atoms with Gasteiger partial charge in [0.25, 0.3) is 5.91 Å². The van der Waals surface area contributed by atoms with Crippen molar-refractivity contribution in [1.82, 2.24) is 4.98 Å². The van der Waals surface area contributed by atoms with Crippen LogP contribution in [0.2, 0.25) is 0 Å². The summed E-state index contributed by atoms with van der Waals surface area (Å²) in [7, 11) is 1.29. The second kappa shape index (κ2) is 5.49. The molecule has 0 saturated heterocycles. The van der Waals surface area contributed by atoms with Crippen molar-refractivity contribution in [3.8, 4) is 0 Å². The fourth-order valence-corrected chi connectivity index (χ4v) is 1.96. The molecule has 0 saturated carbocycles. The Balaban J connectivity index is 2.18. The van der Waals surface area contributed by atoms with E-state index >= 15 is 0 Å². The highest BCUT2D eigenvalue weighted by atomic mass is 32.1. The number of thiazole rings is 1. The minimum absolute atomic E-state index is 0.284. The van der Waals surface area contributed by atoms with Gasteiger partial charge in [-0.2, -0.15) is 0 Å². The summed E-state index contributed by atoms with van der Waals surface area (Å²) in [6, 6.07) is 4.52. The van der Waals surface area contributed by atoms with Crippen molar-refractivity contribution in [2.75, 3.05) is 18.2 Å². The maximum Gasteiger partial charge on any atom is 0.337 e. The number of hydrogen-bond acceptors (Lipinski definition) is 6. The number of carbonyl (C=O) groups excluding carboxylic acids is 2. The third kappa shape index (κ3) is 2.89. The third-order valence-corrected chi connectivity index (χ3v) is 2.97. The minimum Gasteiger partial charge on any atom is -0.465 e. The topological polar surface area (TPSA) is 94.3 Å². The molecule has 19 heavy (non-hydrogen) atoms. The number of rotatable bonds is 3. The van der Waals surface area contributed by atoms with Crippen LogP contribution in [0.4, 0.5) is 11.4 Å². The average molecular weight is 277 g/mol. The molecule has 0 radical (unpaired) electrons. The Morgan fingerprint density at radius 3 is 2.79 bits per heavy atom. The highest BCUT2D eigenvalue weighted by molar-refractivity contribution is 7.07. The van der Waals surface area contributed by atoms with Gasteiger partial charge in [-0.15, -0.1) is 11.3 Å². The molecule has 0 bridgehead atoms. The van der Waals surface area contributed by atoms with Gasteiger partial charge in [-0.05, 0) is 18.2 Å². The van der Waals surface area contributed by atoms with Crippen LogP contribution in [-0.4, -0.2) is 24.0 Å². The molecule has 1 aromatic carbocycles.